The molecule has 6 unspecified atom stereocenters. The minimum atomic E-state index is -1.61. The van der Waals surface area contributed by atoms with Crippen LogP contribution in [0.25, 0.3) is 0 Å². The fourth-order valence-corrected chi connectivity index (χ4v) is 4.92. The second kappa shape index (κ2) is 13.7. The van der Waals surface area contributed by atoms with E-state index in [9.17, 15) is 25.2 Å². The Morgan fingerprint density at radius 2 is 1.90 bits per heavy atom. The summed E-state index contributed by atoms with van der Waals surface area (Å²) < 4.78 is 11.5. The molecule has 1 aliphatic carbocycles. The van der Waals surface area contributed by atoms with Gasteiger partial charge in [-0.3, -0.25) is 10.2 Å². The van der Waals surface area contributed by atoms with Crippen molar-refractivity contribution in [3.63, 3.8) is 0 Å². The molecule has 0 spiro atoms. The van der Waals surface area contributed by atoms with Gasteiger partial charge >= 0.3 is 0 Å². The zero-order valence-corrected chi connectivity index (χ0v) is 22.2. The number of carbonyl (C=O) groups is 1. The Morgan fingerprint density at radius 3 is 2.62 bits per heavy atom. The number of nitrogens with one attached hydrogen (secondary N) is 3. The van der Waals surface area contributed by atoms with Crippen molar-refractivity contribution in [2.45, 2.75) is 68.9 Å². The van der Waals surface area contributed by atoms with E-state index < -0.39 is 43.4 Å². The van der Waals surface area contributed by atoms with Crippen LogP contribution in [0.3, 0.4) is 0 Å². The maximum Gasteiger partial charge on any atom is 0.247 e. The molecule has 0 radical (unpaired) electrons. The molecule has 11 heteroatoms. The minimum absolute atomic E-state index is 0.114. The summed E-state index contributed by atoms with van der Waals surface area (Å²) in [7, 11) is 0. The fraction of sp³-hybridized carbons (Fsp3) is 0.448. The average Bonchev–Trinajstić information content (AvgIpc) is 2.97. The van der Waals surface area contributed by atoms with Crippen LogP contribution in [-0.2, 0) is 9.53 Å². The second-order valence-electron chi connectivity index (χ2n) is 10.1. The summed E-state index contributed by atoms with van der Waals surface area (Å²) in [5, 5.41) is 54.3. The standard InChI is InChI=1S/C29H38N4O7/c30-27(31)18-9-6-10-19(15-18)33-23(28(38)32-14-13-17-7-2-1-3-8-17)20-11-4-5-12-21(20)39-29-26(37)25(36)24(35)22(16-34)40-29/h4-7,9-12,15,22-26,29,33-37H,1-3,8,13-14,16H2,(H3,30,31)(H,32,38). The summed E-state index contributed by atoms with van der Waals surface area (Å²) in [4.78, 5) is 13.6. The van der Waals surface area contributed by atoms with Gasteiger partial charge in [-0.2, -0.15) is 0 Å². The summed E-state index contributed by atoms with van der Waals surface area (Å²) in [5.41, 5.74) is 8.44. The van der Waals surface area contributed by atoms with Crippen LogP contribution in [0.2, 0.25) is 0 Å². The van der Waals surface area contributed by atoms with Gasteiger partial charge in [-0.15, -0.1) is 0 Å². The number of carbonyl (C=O) groups excluding carboxylic acids is 1. The Morgan fingerprint density at radius 1 is 1.10 bits per heavy atom. The molecule has 1 saturated heterocycles. The third-order valence-electron chi connectivity index (χ3n) is 7.20. The van der Waals surface area contributed by atoms with Gasteiger partial charge in [0.2, 0.25) is 12.2 Å². The number of ether oxygens (including phenoxy) is 2. The van der Waals surface area contributed by atoms with Gasteiger partial charge in [0.1, 0.15) is 42.0 Å². The van der Waals surface area contributed by atoms with E-state index >= 15 is 0 Å². The third kappa shape index (κ3) is 7.18. The van der Waals surface area contributed by atoms with E-state index in [-0.39, 0.29) is 17.5 Å². The van der Waals surface area contributed by atoms with Gasteiger partial charge in [0.05, 0.1) is 6.61 Å². The molecule has 40 heavy (non-hydrogen) atoms. The van der Waals surface area contributed by atoms with E-state index in [0.717, 1.165) is 25.7 Å². The molecular weight excluding hydrogens is 516 g/mol. The zero-order chi connectivity index (χ0) is 28.6. The molecule has 0 aromatic heterocycles. The normalized spacial score (nSPS) is 25.4. The van der Waals surface area contributed by atoms with Gasteiger partial charge in [-0.25, -0.2) is 0 Å². The predicted molar refractivity (Wildman–Crippen MR) is 149 cm³/mol. The summed E-state index contributed by atoms with van der Waals surface area (Å²) >= 11 is 0. The number of nitrogens with two attached hydrogens (primary N) is 1. The van der Waals surface area contributed by atoms with Crippen molar-refractivity contribution in [1.29, 1.82) is 5.41 Å². The lowest BCUT2D eigenvalue weighted by molar-refractivity contribution is -0.277. The number of aliphatic hydroxyl groups excluding tert-OH is 4. The lowest BCUT2D eigenvalue weighted by Gasteiger charge is -2.39. The van der Waals surface area contributed by atoms with Crippen LogP contribution in [0.15, 0.2) is 60.2 Å². The molecule has 2 aliphatic rings. The molecule has 2 aromatic rings. The number of hydrogen-bond donors (Lipinski definition) is 8. The fourth-order valence-electron chi connectivity index (χ4n) is 4.92. The lowest BCUT2D eigenvalue weighted by atomic mass is 9.97. The Kier molecular flexibility index (Phi) is 10.1. The number of allylic oxidation sites excluding steroid dienone is 1. The van der Waals surface area contributed by atoms with Gasteiger partial charge < -0.3 is 46.3 Å². The minimum Gasteiger partial charge on any atom is -0.462 e. The number of para-hydroxylation sites is 1. The number of benzene rings is 2. The number of amides is 1. The van der Waals surface area contributed by atoms with Crippen LogP contribution in [0.1, 0.15) is 49.3 Å². The van der Waals surface area contributed by atoms with Crippen LogP contribution in [-0.4, -0.2) is 76.0 Å². The van der Waals surface area contributed by atoms with E-state index in [1.807, 2.05) is 0 Å². The lowest BCUT2D eigenvalue weighted by Crippen LogP contribution is -2.60. The van der Waals surface area contributed by atoms with E-state index in [2.05, 4.69) is 16.7 Å². The zero-order valence-electron chi connectivity index (χ0n) is 22.2. The van der Waals surface area contributed by atoms with E-state index in [0.29, 0.717) is 23.4 Å². The first-order valence-electron chi connectivity index (χ1n) is 13.5. The summed E-state index contributed by atoms with van der Waals surface area (Å²) in [6.07, 6.45) is 0.118. The SMILES string of the molecule is N=C(N)c1cccc(NC(C(=O)NCCC2=CCCCC2)c2ccccc2OC2OC(CO)C(O)C(O)C2O)c1. The van der Waals surface area contributed by atoms with Crippen molar-refractivity contribution in [2.24, 2.45) is 5.73 Å². The molecule has 0 bridgehead atoms. The van der Waals surface area contributed by atoms with E-state index in [1.54, 1.807) is 48.5 Å². The van der Waals surface area contributed by atoms with Crippen molar-refractivity contribution >= 4 is 17.4 Å². The van der Waals surface area contributed by atoms with Crippen LogP contribution in [0, 0.1) is 5.41 Å². The molecule has 6 atom stereocenters. The van der Waals surface area contributed by atoms with Gasteiger partial charge in [-0.1, -0.05) is 42.0 Å². The Labute approximate surface area is 233 Å². The molecule has 1 aliphatic heterocycles. The Hall–Kier alpha value is -3.48. The number of rotatable bonds is 11. The maximum absolute atomic E-state index is 13.6. The molecule has 4 rings (SSSR count). The summed E-state index contributed by atoms with van der Waals surface area (Å²) in [6.45, 7) is -0.145. The Bertz CT molecular complexity index is 1200. The van der Waals surface area contributed by atoms with Crippen molar-refractivity contribution < 1.29 is 34.7 Å². The van der Waals surface area contributed by atoms with Crippen molar-refractivity contribution in [1.82, 2.24) is 5.32 Å². The van der Waals surface area contributed by atoms with Crippen molar-refractivity contribution in [3.8, 4) is 5.75 Å². The molecule has 0 saturated carbocycles. The number of nitrogen functional groups attached to an aromatic ring is 1. The number of aliphatic hydroxyl groups is 4. The van der Waals surface area contributed by atoms with E-state index in [1.165, 1.54) is 12.0 Å². The van der Waals surface area contributed by atoms with Crippen molar-refractivity contribution in [2.75, 3.05) is 18.5 Å². The molecule has 1 heterocycles. The smallest absolute Gasteiger partial charge is 0.247 e. The van der Waals surface area contributed by atoms with Gasteiger partial charge in [0, 0.05) is 23.4 Å². The third-order valence-corrected chi connectivity index (χ3v) is 7.20. The molecule has 1 amide bonds. The summed E-state index contributed by atoms with van der Waals surface area (Å²) in [5.74, 6) is -0.247. The van der Waals surface area contributed by atoms with Crippen LogP contribution in [0.5, 0.6) is 5.75 Å². The van der Waals surface area contributed by atoms with Crippen LogP contribution < -0.4 is 21.1 Å². The largest absolute Gasteiger partial charge is 0.462 e. The van der Waals surface area contributed by atoms with Gasteiger partial charge in [0.25, 0.3) is 0 Å². The second-order valence-corrected chi connectivity index (χ2v) is 10.1. The predicted octanol–water partition coefficient (Wildman–Crippen LogP) is 1.31. The Balaban J connectivity index is 1.59. The highest BCUT2D eigenvalue weighted by Crippen LogP contribution is 2.32. The van der Waals surface area contributed by atoms with Gasteiger partial charge in [-0.05, 0) is 50.3 Å². The summed E-state index contributed by atoms with van der Waals surface area (Å²) in [6, 6.07) is 12.6. The topological polar surface area (TPSA) is 190 Å². The monoisotopic (exact) mass is 554 g/mol. The first-order valence-corrected chi connectivity index (χ1v) is 13.5. The first kappa shape index (κ1) is 29.5. The highest BCUT2D eigenvalue weighted by atomic mass is 16.7. The van der Waals surface area contributed by atoms with Gasteiger partial charge in [0.15, 0.2) is 0 Å². The van der Waals surface area contributed by atoms with Crippen LogP contribution in [0.4, 0.5) is 5.69 Å². The number of hydrogen-bond acceptors (Lipinski definition) is 9. The average molecular weight is 555 g/mol. The highest BCUT2D eigenvalue weighted by molar-refractivity contribution is 5.96. The molecule has 11 nitrogen and oxygen atoms in total. The van der Waals surface area contributed by atoms with Crippen LogP contribution >= 0.6 is 0 Å². The number of amidine groups is 1. The van der Waals surface area contributed by atoms with Crippen molar-refractivity contribution in [3.05, 3.63) is 71.3 Å². The molecule has 2 aromatic carbocycles. The molecule has 1 fully saturated rings. The first-order chi connectivity index (χ1) is 19.3. The quantitative estimate of drug-likeness (QED) is 0.115. The number of anilines is 1. The molecule has 216 valence electrons. The maximum atomic E-state index is 13.6. The molecular formula is C29H38N4O7. The molecule has 9 N–H and O–H groups in total. The van der Waals surface area contributed by atoms with E-state index in [4.69, 9.17) is 20.6 Å². The highest BCUT2D eigenvalue weighted by Gasteiger charge is 2.45.